The lowest BCUT2D eigenvalue weighted by Gasteiger charge is -2.20. The van der Waals surface area contributed by atoms with Gasteiger partial charge in [0.05, 0.1) is 6.54 Å². The Labute approximate surface area is 108 Å². The number of nitrogens with one attached hydrogen (secondary N) is 3. The number of nitrogens with zero attached hydrogens (tertiary/aromatic N) is 1. The number of hydrogen-bond acceptors (Lipinski definition) is 4. The molecule has 0 spiro atoms. The average Bonchev–Trinajstić information content (AvgIpc) is 2.76. The van der Waals surface area contributed by atoms with Crippen molar-refractivity contribution in [1.82, 2.24) is 20.9 Å². The molecule has 0 bridgehead atoms. The Morgan fingerprint density at radius 1 is 1.33 bits per heavy atom. The molecule has 1 aliphatic heterocycles. The molecule has 0 aromatic carbocycles. The van der Waals surface area contributed by atoms with Gasteiger partial charge in [-0.25, -0.2) is 0 Å². The molecule has 0 radical (unpaired) electrons. The quantitative estimate of drug-likeness (QED) is 0.507. The second-order valence-corrected chi connectivity index (χ2v) is 4.82. The van der Waals surface area contributed by atoms with E-state index < -0.39 is 0 Å². The van der Waals surface area contributed by atoms with Crippen LogP contribution in [0, 0.1) is 0 Å². The van der Waals surface area contributed by atoms with E-state index in [2.05, 4.69) is 16.0 Å². The highest BCUT2D eigenvalue weighted by atomic mass is 16.2. The highest BCUT2D eigenvalue weighted by molar-refractivity contribution is 5.78. The minimum Gasteiger partial charge on any atom is -0.355 e. The fraction of sp³-hybridized carbons (Fsp3) is 0.833. The highest BCUT2D eigenvalue weighted by Gasteiger charge is 2.16. The molecule has 18 heavy (non-hydrogen) atoms. The molecule has 1 aliphatic rings. The maximum Gasteiger partial charge on any atom is 0.234 e. The summed E-state index contributed by atoms with van der Waals surface area (Å²) in [6.07, 6.45) is 2.41. The maximum absolute atomic E-state index is 11.6. The Bertz CT molecular complexity index is 277. The van der Waals surface area contributed by atoms with E-state index in [0.29, 0.717) is 25.7 Å². The number of amides is 2. The van der Waals surface area contributed by atoms with Crippen molar-refractivity contribution >= 4 is 11.8 Å². The summed E-state index contributed by atoms with van der Waals surface area (Å²) in [4.78, 5) is 24.2. The van der Waals surface area contributed by atoms with Gasteiger partial charge in [-0.15, -0.1) is 0 Å². The lowest BCUT2D eigenvalue weighted by Crippen LogP contribution is -2.42. The molecule has 2 amide bonds. The molecule has 1 rings (SSSR count). The van der Waals surface area contributed by atoms with Crippen molar-refractivity contribution in [3.63, 3.8) is 0 Å². The molecule has 1 fully saturated rings. The van der Waals surface area contributed by atoms with E-state index in [9.17, 15) is 9.59 Å². The standard InChI is InChI=1S/C12H24N4O2/c1-10(17)13-6-7-15-12(18)9-16(2)8-11-4-3-5-14-11/h11,14H,3-9H2,1-2H3,(H,13,17)(H,15,18). The van der Waals surface area contributed by atoms with Crippen LogP contribution in [0.2, 0.25) is 0 Å². The van der Waals surface area contributed by atoms with Crippen LogP contribution >= 0.6 is 0 Å². The molecule has 6 nitrogen and oxygen atoms in total. The number of rotatable bonds is 7. The van der Waals surface area contributed by atoms with Gasteiger partial charge in [0.25, 0.3) is 0 Å². The van der Waals surface area contributed by atoms with E-state index >= 15 is 0 Å². The van der Waals surface area contributed by atoms with E-state index in [1.807, 2.05) is 11.9 Å². The molecule has 1 atom stereocenters. The van der Waals surface area contributed by atoms with Crippen molar-refractivity contribution in [3.05, 3.63) is 0 Å². The van der Waals surface area contributed by atoms with Gasteiger partial charge in [0.15, 0.2) is 0 Å². The van der Waals surface area contributed by atoms with Gasteiger partial charge in [0.1, 0.15) is 0 Å². The predicted molar refractivity (Wildman–Crippen MR) is 70.2 cm³/mol. The summed E-state index contributed by atoms with van der Waals surface area (Å²) in [7, 11) is 1.95. The summed E-state index contributed by atoms with van der Waals surface area (Å²) in [6.45, 7) is 4.81. The molecule has 6 heteroatoms. The van der Waals surface area contributed by atoms with Crippen LogP contribution in [0.4, 0.5) is 0 Å². The van der Waals surface area contributed by atoms with Gasteiger partial charge in [-0.3, -0.25) is 14.5 Å². The first-order valence-corrected chi connectivity index (χ1v) is 6.51. The third kappa shape index (κ3) is 6.56. The summed E-state index contributed by atoms with van der Waals surface area (Å²) in [5.74, 6) is -0.0745. The van der Waals surface area contributed by atoms with Crippen molar-refractivity contribution < 1.29 is 9.59 Å². The lowest BCUT2D eigenvalue weighted by atomic mass is 10.2. The number of carbonyl (C=O) groups is 2. The van der Waals surface area contributed by atoms with E-state index in [1.165, 1.54) is 19.8 Å². The van der Waals surface area contributed by atoms with Crippen LogP contribution < -0.4 is 16.0 Å². The van der Waals surface area contributed by atoms with E-state index in [1.54, 1.807) is 0 Å². The normalized spacial score (nSPS) is 18.9. The molecule has 1 saturated heterocycles. The van der Waals surface area contributed by atoms with Crippen molar-refractivity contribution in [2.75, 3.05) is 39.8 Å². The smallest absolute Gasteiger partial charge is 0.234 e. The van der Waals surface area contributed by atoms with Crippen LogP contribution in [0.25, 0.3) is 0 Å². The van der Waals surface area contributed by atoms with Gasteiger partial charge < -0.3 is 16.0 Å². The van der Waals surface area contributed by atoms with Crippen molar-refractivity contribution in [1.29, 1.82) is 0 Å². The Morgan fingerprint density at radius 3 is 2.67 bits per heavy atom. The van der Waals surface area contributed by atoms with Crippen LogP contribution in [-0.4, -0.2) is 62.5 Å². The first-order valence-electron chi connectivity index (χ1n) is 6.51. The zero-order valence-electron chi connectivity index (χ0n) is 11.3. The molecule has 3 N–H and O–H groups in total. The third-order valence-corrected chi connectivity index (χ3v) is 2.93. The second-order valence-electron chi connectivity index (χ2n) is 4.82. The predicted octanol–water partition coefficient (Wildman–Crippen LogP) is -1.08. The van der Waals surface area contributed by atoms with Crippen LogP contribution in [-0.2, 0) is 9.59 Å². The van der Waals surface area contributed by atoms with Crippen molar-refractivity contribution in [2.24, 2.45) is 0 Å². The van der Waals surface area contributed by atoms with Crippen LogP contribution in [0.3, 0.4) is 0 Å². The minimum atomic E-state index is -0.0753. The Kier molecular flexibility index (Phi) is 6.67. The average molecular weight is 256 g/mol. The molecule has 1 heterocycles. The molecule has 0 saturated carbocycles. The molecular weight excluding hydrogens is 232 g/mol. The van der Waals surface area contributed by atoms with E-state index in [4.69, 9.17) is 0 Å². The fourth-order valence-corrected chi connectivity index (χ4v) is 2.09. The topological polar surface area (TPSA) is 73.5 Å². The Hall–Kier alpha value is -1.14. The minimum absolute atomic E-state index is 0.000786. The zero-order valence-corrected chi connectivity index (χ0v) is 11.3. The monoisotopic (exact) mass is 256 g/mol. The Balaban J connectivity index is 2.05. The number of likely N-dealkylation sites (N-methyl/N-ethyl adjacent to an activating group) is 1. The van der Waals surface area contributed by atoms with Gasteiger partial charge in [-0.05, 0) is 26.4 Å². The number of carbonyl (C=O) groups excluding carboxylic acids is 2. The first kappa shape index (κ1) is 14.9. The maximum atomic E-state index is 11.6. The first-order chi connectivity index (χ1) is 8.58. The highest BCUT2D eigenvalue weighted by Crippen LogP contribution is 2.05. The summed E-state index contributed by atoms with van der Waals surface area (Å²) < 4.78 is 0. The van der Waals surface area contributed by atoms with Crippen LogP contribution in [0.5, 0.6) is 0 Å². The Morgan fingerprint density at radius 2 is 2.06 bits per heavy atom. The lowest BCUT2D eigenvalue weighted by molar-refractivity contribution is -0.122. The summed E-state index contributed by atoms with van der Waals surface area (Å²) in [5, 5.41) is 8.82. The summed E-state index contributed by atoms with van der Waals surface area (Å²) in [6, 6.07) is 0.516. The van der Waals surface area contributed by atoms with Gasteiger partial charge in [-0.2, -0.15) is 0 Å². The molecule has 0 aromatic rings. The largest absolute Gasteiger partial charge is 0.355 e. The molecule has 1 unspecified atom stereocenters. The van der Waals surface area contributed by atoms with E-state index in [-0.39, 0.29) is 11.8 Å². The SMILES string of the molecule is CC(=O)NCCNC(=O)CN(C)CC1CCCN1. The van der Waals surface area contributed by atoms with Crippen molar-refractivity contribution in [2.45, 2.75) is 25.8 Å². The van der Waals surface area contributed by atoms with Crippen LogP contribution in [0.1, 0.15) is 19.8 Å². The fourth-order valence-electron chi connectivity index (χ4n) is 2.09. The van der Waals surface area contributed by atoms with Gasteiger partial charge in [0.2, 0.25) is 11.8 Å². The number of hydrogen-bond donors (Lipinski definition) is 3. The zero-order chi connectivity index (χ0) is 13.4. The molecule has 0 aliphatic carbocycles. The molecular formula is C12H24N4O2. The second kappa shape index (κ2) is 8.05. The summed E-state index contributed by atoms with van der Waals surface area (Å²) in [5.41, 5.74) is 0. The van der Waals surface area contributed by atoms with Gasteiger partial charge in [0, 0.05) is 32.6 Å². The van der Waals surface area contributed by atoms with Gasteiger partial charge >= 0.3 is 0 Å². The van der Waals surface area contributed by atoms with Crippen LogP contribution in [0.15, 0.2) is 0 Å². The third-order valence-electron chi connectivity index (χ3n) is 2.93. The van der Waals surface area contributed by atoms with Crippen molar-refractivity contribution in [3.8, 4) is 0 Å². The summed E-state index contributed by atoms with van der Waals surface area (Å²) >= 11 is 0. The molecule has 0 aromatic heterocycles. The molecule has 104 valence electrons. The van der Waals surface area contributed by atoms with Gasteiger partial charge in [-0.1, -0.05) is 0 Å². The van der Waals surface area contributed by atoms with E-state index in [0.717, 1.165) is 13.1 Å².